The number of hydrogen-bond acceptors (Lipinski definition) is 3. The predicted octanol–water partition coefficient (Wildman–Crippen LogP) is 5.06. The molecule has 3 rings (SSSR count). The number of dihydropyridines is 1. The molecule has 3 nitrogen and oxygen atoms in total. The molecule has 1 unspecified atom stereocenters. The van der Waals surface area contributed by atoms with Gasteiger partial charge in [-0.2, -0.15) is 0 Å². The van der Waals surface area contributed by atoms with Crippen molar-refractivity contribution >= 4 is 23.4 Å². The fourth-order valence-electron chi connectivity index (χ4n) is 2.87. The molecule has 1 atom stereocenters. The fourth-order valence-corrected chi connectivity index (χ4v) is 3.72. The van der Waals surface area contributed by atoms with Crippen molar-refractivity contribution in [2.24, 2.45) is 0 Å². The molecule has 2 aliphatic rings. The van der Waals surface area contributed by atoms with Crippen molar-refractivity contribution in [1.29, 1.82) is 0 Å². The lowest BCUT2D eigenvalue weighted by Gasteiger charge is -2.31. The third-order valence-corrected chi connectivity index (χ3v) is 4.93. The number of aryl methyl sites for hydroxylation is 2. The van der Waals surface area contributed by atoms with Gasteiger partial charge < -0.3 is 10.2 Å². The molecule has 0 saturated heterocycles. The van der Waals surface area contributed by atoms with E-state index in [1.165, 1.54) is 11.1 Å². The SMILES string of the molecule is CC.CC.Cc1cccc2c1N(C(=O)CSC1C=CC=CN1)CCC2. The molecule has 2 heterocycles. The summed E-state index contributed by atoms with van der Waals surface area (Å²) in [6.45, 7) is 10.9. The maximum atomic E-state index is 12.6. The number of anilines is 1. The molecule has 138 valence electrons. The highest BCUT2D eigenvalue weighted by Gasteiger charge is 2.24. The van der Waals surface area contributed by atoms with Gasteiger partial charge in [0.2, 0.25) is 5.91 Å². The van der Waals surface area contributed by atoms with Crippen LogP contribution in [-0.4, -0.2) is 23.6 Å². The number of para-hydroxylation sites is 1. The van der Waals surface area contributed by atoms with Gasteiger partial charge in [-0.25, -0.2) is 0 Å². The van der Waals surface area contributed by atoms with Crippen LogP contribution in [0, 0.1) is 6.92 Å². The van der Waals surface area contributed by atoms with E-state index in [9.17, 15) is 4.79 Å². The molecule has 0 saturated carbocycles. The Morgan fingerprint density at radius 3 is 2.68 bits per heavy atom. The van der Waals surface area contributed by atoms with Crippen molar-refractivity contribution in [2.75, 3.05) is 17.2 Å². The summed E-state index contributed by atoms with van der Waals surface area (Å²) in [4.78, 5) is 14.6. The van der Waals surface area contributed by atoms with E-state index < -0.39 is 0 Å². The summed E-state index contributed by atoms with van der Waals surface area (Å²) in [5, 5.41) is 3.43. The van der Waals surface area contributed by atoms with Crippen LogP contribution in [0.4, 0.5) is 5.69 Å². The molecular formula is C21H32N2OS. The second kappa shape index (κ2) is 11.8. The lowest BCUT2D eigenvalue weighted by atomic mass is 9.98. The van der Waals surface area contributed by atoms with E-state index in [0.29, 0.717) is 5.75 Å². The number of carbonyl (C=O) groups excluding carboxylic acids is 1. The van der Waals surface area contributed by atoms with Gasteiger partial charge in [0, 0.05) is 12.2 Å². The minimum Gasteiger partial charge on any atom is -0.376 e. The Hall–Kier alpha value is -1.68. The van der Waals surface area contributed by atoms with Crippen molar-refractivity contribution in [3.8, 4) is 0 Å². The molecular weight excluding hydrogens is 328 g/mol. The van der Waals surface area contributed by atoms with Gasteiger partial charge in [0.25, 0.3) is 0 Å². The van der Waals surface area contributed by atoms with Crippen LogP contribution in [0.5, 0.6) is 0 Å². The number of amides is 1. The maximum absolute atomic E-state index is 12.6. The van der Waals surface area contributed by atoms with Gasteiger partial charge in [-0.15, -0.1) is 11.8 Å². The normalized spacial score (nSPS) is 17.3. The summed E-state index contributed by atoms with van der Waals surface area (Å²) >= 11 is 1.64. The smallest absolute Gasteiger partial charge is 0.237 e. The third-order valence-electron chi connectivity index (χ3n) is 3.86. The Labute approximate surface area is 157 Å². The molecule has 0 aromatic heterocycles. The van der Waals surface area contributed by atoms with Crippen LogP contribution in [0.3, 0.4) is 0 Å². The van der Waals surface area contributed by atoms with Crippen LogP contribution < -0.4 is 10.2 Å². The van der Waals surface area contributed by atoms with E-state index in [4.69, 9.17) is 0 Å². The van der Waals surface area contributed by atoms with Crippen LogP contribution in [0.15, 0.2) is 42.6 Å². The molecule has 4 heteroatoms. The van der Waals surface area contributed by atoms with Crippen LogP contribution in [0.1, 0.15) is 45.2 Å². The highest BCUT2D eigenvalue weighted by molar-refractivity contribution is 8.00. The number of fused-ring (bicyclic) bond motifs is 1. The molecule has 2 aliphatic heterocycles. The van der Waals surface area contributed by atoms with Gasteiger partial charge in [-0.1, -0.05) is 58.0 Å². The molecule has 1 N–H and O–H groups in total. The van der Waals surface area contributed by atoms with Gasteiger partial charge in [-0.05, 0) is 43.2 Å². The van der Waals surface area contributed by atoms with E-state index in [2.05, 4.69) is 36.5 Å². The molecule has 1 aromatic carbocycles. The lowest BCUT2D eigenvalue weighted by molar-refractivity contribution is -0.116. The standard InChI is InChI=1S/C17H20N2OS.2C2H6/c1-13-6-4-7-14-8-5-11-19(17(13)14)16(20)12-21-15-9-2-3-10-18-15;2*1-2/h2-4,6-7,9-10,15,18H,5,8,11-12H2,1H3;2*1-2H3. The van der Waals surface area contributed by atoms with Crippen molar-refractivity contribution in [2.45, 2.75) is 52.8 Å². The van der Waals surface area contributed by atoms with Gasteiger partial charge in [-0.3, -0.25) is 4.79 Å². The number of thioether (sulfide) groups is 1. The van der Waals surface area contributed by atoms with Crippen molar-refractivity contribution < 1.29 is 4.79 Å². The summed E-state index contributed by atoms with van der Waals surface area (Å²) in [7, 11) is 0. The summed E-state index contributed by atoms with van der Waals surface area (Å²) in [6.07, 6.45) is 10.1. The average molecular weight is 361 g/mol. The third kappa shape index (κ3) is 5.96. The molecule has 0 radical (unpaired) electrons. The van der Waals surface area contributed by atoms with Crippen LogP contribution in [0.2, 0.25) is 0 Å². The van der Waals surface area contributed by atoms with E-state index in [1.807, 2.05) is 50.9 Å². The Morgan fingerprint density at radius 2 is 2.00 bits per heavy atom. The van der Waals surface area contributed by atoms with Gasteiger partial charge >= 0.3 is 0 Å². The topological polar surface area (TPSA) is 32.3 Å². The Morgan fingerprint density at radius 1 is 1.24 bits per heavy atom. The molecule has 0 aliphatic carbocycles. The lowest BCUT2D eigenvalue weighted by Crippen LogP contribution is -2.38. The zero-order chi connectivity index (χ0) is 18.7. The number of allylic oxidation sites excluding steroid dienone is 2. The van der Waals surface area contributed by atoms with Crippen molar-refractivity contribution in [1.82, 2.24) is 5.32 Å². The second-order valence-electron chi connectivity index (χ2n) is 5.37. The van der Waals surface area contributed by atoms with Crippen molar-refractivity contribution in [3.05, 3.63) is 53.8 Å². The summed E-state index contributed by atoms with van der Waals surface area (Å²) < 4.78 is 0. The quantitative estimate of drug-likeness (QED) is 0.818. The first-order chi connectivity index (χ1) is 12.3. The number of nitrogens with zero attached hydrogens (tertiary/aromatic N) is 1. The molecule has 0 spiro atoms. The minimum absolute atomic E-state index is 0.195. The van der Waals surface area contributed by atoms with Crippen LogP contribution in [0.25, 0.3) is 0 Å². The molecule has 1 aromatic rings. The summed E-state index contributed by atoms with van der Waals surface area (Å²) in [6, 6.07) is 6.32. The first-order valence-corrected chi connectivity index (χ1v) is 10.4. The largest absolute Gasteiger partial charge is 0.376 e. The maximum Gasteiger partial charge on any atom is 0.237 e. The molecule has 0 fully saturated rings. The molecule has 25 heavy (non-hydrogen) atoms. The van der Waals surface area contributed by atoms with Gasteiger partial charge in [0.1, 0.15) is 0 Å². The molecule has 1 amide bonds. The number of hydrogen-bond donors (Lipinski definition) is 1. The van der Waals surface area contributed by atoms with Crippen LogP contribution in [-0.2, 0) is 11.2 Å². The highest BCUT2D eigenvalue weighted by atomic mass is 32.2. The number of carbonyl (C=O) groups is 1. The second-order valence-corrected chi connectivity index (χ2v) is 6.50. The van der Waals surface area contributed by atoms with Gasteiger partial charge in [0.15, 0.2) is 0 Å². The number of nitrogens with one attached hydrogen (secondary N) is 1. The Balaban J connectivity index is 0.000000730. The summed E-state index contributed by atoms with van der Waals surface area (Å²) in [5.74, 6) is 0.712. The Kier molecular flexibility index (Phi) is 10.1. The zero-order valence-corrected chi connectivity index (χ0v) is 17.0. The van der Waals surface area contributed by atoms with Crippen molar-refractivity contribution in [3.63, 3.8) is 0 Å². The van der Waals surface area contributed by atoms with E-state index in [0.717, 1.165) is 25.1 Å². The monoisotopic (exact) mass is 360 g/mol. The van der Waals surface area contributed by atoms with E-state index in [-0.39, 0.29) is 11.3 Å². The number of rotatable bonds is 3. The molecule has 0 bridgehead atoms. The van der Waals surface area contributed by atoms with E-state index >= 15 is 0 Å². The Bertz CT molecular complexity index is 596. The summed E-state index contributed by atoms with van der Waals surface area (Å²) in [5.41, 5.74) is 3.64. The number of benzene rings is 1. The van der Waals surface area contributed by atoms with E-state index in [1.54, 1.807) is 11.8 Å². The minimum atomic E-state index is 0.195. The highest BCUT2D eigenvalue weighted by Crippen LogP contribution is 2.31. The average Bonchev–Trinajstić information content (AvgIpc) is 2.70. The fraction of sp³-hybridized carbons (Fsp3) is 0.476. The first-order valence-electron chi connectivity index (χ1n) is 9.35. The predicted molar refractivity (Wildman–Crippen MR) is 112 cm³/mol. The van der Waals surface area contributed by atoms with Gasteiger partial charge in [0.05, 0.1) is 11.1 Å². The zero-order valence-electron chi connectivity index (χ0n) is 16.2. The van der Waals surface area contributed by atoms with Crippen LogP contribution >= 0.6 is 11.8 Å². The first kappa shape index (κ1) is 21.4.